The van der Waals surface area contributed by atoms with Crippen LogP contribution in [0.2, 0.25) is 0 Å². The highest BCUT2D eigenvalue weighted by molar-refractivity contribution is 7.98. The molecule has 4 rings (SSSR count). The fourth-order valence-corrected chi connectivity index (χ4v) is 5.65. The number of hydrogen-bond donors (Lipinski definition) is 0. The van der Waals surface area contributed by atoms with E-state index in [0.29, 0.717) is 13.0 Å². The maximum absolute atomic E-state index is 15.0. The van der Waals surface area contributed by atoms with Crippen LogP contribution in [0, 0.1) is 17.7 Å². The highest BCUT2D eigenvalue weighted by atomic mass is 32.2. The molecule has 1 heterocycles. The molecule has 2 unspecified atom stereocenters. The van der Waals surface area contributed by atoms with Crippen LogP contribution < -0.4 is 4.74 Å². The second kappa shape index (κ2) is 13.5. The first-order chi connectivity index (χ1) is 19.2. The lowest BCUT2D eigenvalue weighted by Gasteiger charge is -2.24. The molecular formula is C33H38FNO4S. The van der Waals surface area contributed by atoms with Gasteiger partial charge in [-0.15, -0.1) is 11.8 Å². The molecule has 1 aliphatic rings. The van der Waals surface area contributed by atoms with E-state index in [4.69, 9.17) is 9.47 Å². The molecular weight excluding hydrogens is 525 g/mol. The van der Waals surface area contributed by atoms with Crippen LogP contribution in [0.15, 0.2) is 77.7 Å². The van der Waals surface area contributed by atoms with Gasteiger partial charge in [0.1, 0.15) is 0 Å². The minimum atomic E-state index is -1.30. The molecule has 0 bridgehead atoms. The highest BCUT2D eigenvalue weighted by Crippen LogP contribution is 2.33. The summed E-state index contributed by atoms with van der Waals surface area (Å²) in [6.45, 7) is 7.37. The largest absolute Gasteiger partial charge is 0.473 e. The lowest BCUT2D eigenvalue weighted by atomic mass is 9.85. The zero-order valence-corrected chi connectivity index (χ0v) is 24.5. The molecule has 212 valence electrons. The van der Waals surface area contributed by atoms with Crippen molar-refractivity contribution in [3.63, 3.8) is 0 Å². The van der Waals surface area contributed by atoms with Gasteiger partial charge in [0.05, 0.1) is 6.61 Å². The molecule has 40 heavy (non-hydrogen) atoms. The fourth-order valence-electron chi connectivity index (χ4n) is 5.25. The van der Waals surface area contributed by atoms with Gasteiger partial charge in [0.15, 0.2) is 23.0 Å². The van der Waals surface area contributed by atoms with Crippen LogP contribution in [0.5, 0.6) is 5.75 Å². The number of thioether (sulfide) groups is 1. The van der Waals surface area contributed by atoms with Crippen molar-refractivity contribution in [3.8, 4) is 5.75 Å². The normalized spacial score (nSPS) is 17.5. The Morgan fingerprint density at radius 2 is 1.73 bits per heavy atom. The maximum atomic E-state index is 15.0. The van der Waals surface area contributed by atoms with Crippen LogP contribution in [0.25, 0.3) is 0 Å². The molecule has 2 atom stereocenters. The molecule has 0 aliphatic carbocycles. The summed E-state index contributed by atoms with van der Waals surface area (Å²) in [7, 11) is 0. The summed E-state index contributed by atoms with van der Waals surface area (Å²) in [5.74, 6) is -0.852. The zero-order chi connectivity index (χ0) is 28.7. The number of halogens is 1. The van der Waals surface area contributed by atoms with Gasteiger partial charge in [0, 0.05) is 36.0 Å². The van der Waals surface area contributed by atoms with E-state index in [2.05, 4.69) is 17.0 Å². The van der Waals surface area contributed by atoms with E-state index in [-0.39, 0.29) is 30.0 Å². The summed E-state index contributed by atoms with van der Waals surface area (Å²) in [6, 6.07) is 23.0. The number of likely N-dealkylation sites (tertiary alicyclic amines) is 1. The van der Waals surface area contributed by atoms with E-state index in [1.54, 1.807) is 38.6 Å². The Balaban J connectivity index is 1.46. The number of ether oxygens (including phenoxy) is 2. The molecule has 7 heteroatoms. The van der Waals surface area contributed by atoms with Gasteiger partial charge in [0.2, 0.25) is 0 Å². The fraction of sp³-hybridized carbons (Fsp3) is 0.394. The highest BCUT2D eigenvalue weighted by Gasteiger charge is 2.37. The first kappa shape index (κ1) is 29.8. The smallest absolute Gasteiger partial charge is 0.349 e. The van der Waals surface area contributed by atoms with Crippen molar-refractivity contribution in [2.45, 2.75) is 50.7 Å². The van der Waals surface area contributed by atoms with E-state index in [9.17, 15) is 14.0 Å². The van der Waals surface area contributed by atoms with E-state index in [0.717, 1.165) is 35.5 Å². The van der Waals surface area contributed by atoms with Crippen molar-refractivity contribution in [3.05, 3.63) is 95.3 Å². The first-order valence-corrected chi connectivity index (χ1v) is 15.0. The standard InChI is InChI=1S/C33H38FNO4S/c1-5-38-32(37)33(2,3)39-30-18-12-23(19-29(30)34)11-13-26-21-35(20-24-9-7-6-8-10-24)22-28(26)31(36)25-14-16-27(40-4)17-15-25/h6-10,12,14-19,26,28H,5,11,13,20-22H2,1-4H3. The average Bonchev–Trinajstić information content (AvgIpc) is 3.35. The van der Waals surface area contributed by atoms with E-state index in [1.165, 1.54) is 11.6 Å². The first-order valence-electron chi connectivity index (χ1n) is 13.8. The number of hydrogen-bond acceptors (Lipinski definition) is 6. The summed E-state index contributed by atoms with van der Waals surface area (Å²) >= 11 is 1.66. The third-order valence-electron chi connectivity index (χ3n) is 7.41. The van der Waals surface area contributed by atoms with Gasteiger partial charge in [0.25, 0.3) is 0 Å². The molecule has 1 fully saturated rings. The number of ketones is 1. The number of carbonyl (C=O) groups excluding carboxylic acids is 2. The van der Waals surface area contributed by atoms with Crippen molar-refractivity contribution in [1.82, 2.24) is 4.90 Å². The van der Waals surface area contributed by atoms with E-state index >= 15 is 0 Å². The molecule has 0 amide bonds. The van der Waals surface area contributed by atoms with Crippen molar-refractivity contribution in [2.24, 2.45) is 11.8 Å². The molecule has 0 spiro atoms. The molecule has 0 aromatic heterocycles. The SMILES string of the molecule is CCOC(=O)C(C)(C)Oc1ccc(CCC2CN(Cc3ccccc3)CC2C(=O)c2ccc(SC)cc2)cc1F. The van der Waals surface area contributed by atoms with E-state index < -0.39 is 17.4 Å². The quantitative estimate of drug-likeness (QED) is 0.137. The molecule has 0 N–H and O–H groups in total. The van der Waals surface area contributed by atoms with Gasteiger partial charge < -0.3 is 9.47 Å². The van der Waals surface area contributed by atoms with Gasteiger partial charge >= 0.3 is 5.97 Å². The molecule has 0 radical (unpaired) electrons. The maximum Gasteiger partial charge on any atom is 0.349 e. The molecule has 5 nitrogen and oxygen atoms in total. The van der Waals surface area contributed by atoms with Crippen molar-refractivity contribution >= 4 is 23.5 Å². The number of rotatable bonds is 12. The Bertz CT molecular complexity index is 1300. The summed E-state index contributed by atoms with van der Waals surface area (Å²) in [6.07, 6.45) is 3.42. The molecule has 3 aromatic rings. The third kappa shape index (κ3) is 7.52. The number of benzene rings is 3. The van der Waals surface area contributed by atoms with Gasteiger partial charge in [-0.05, 0) is 81.2 Å². The summed E-state index contributed by atoms with van der Waals surface area (Å²) in [5, 5.41) is 0. The summed E-state index contributed by atoms with van der Waals surface area (Å²) in [5.41, 5.74) is 1.50. The predicted octanol–water partition coefficient (Wildman–Crippen LogP) is 6.83. The van der Waals surface area contributed by atoms with Crippen LogP contribution in [0.3, 0.4) is 0 Å². The van der Waals surface area contributed by atoms with Crippen LogP contribution in [0.4, 0.5) is 4.39 Å². The van der Waals surface area contributed by atoms with Gasteiger partial charge in [-0.2, -0.15) is 0 Å². The molecule has 1 aliphatic heterocycles. The monoisotopic (exact) mass is 563 g/mol. The Labute approximate surface area is 241 Å². The Morgan fingerprint density at radius 1 is 1.00 bits per heavy atom. The Morgan fingerprint density at radius 3 is 2.38 bits per heavy atom. The zero-order valence-electron chi connectivity index (χ0n) is 23.7. The second-order valence-corrected chi connectivity index (χ2v) is 11.7. The topological polar surface area (TPSA) is 55.8 Å². The molecule has 0 saturated carbocycles. The predicted molar refractivity (Wildman–Crippen MR) is 157 cm³/mol. The van der Waals surface area contributed by atoms with Crippen molar-refractivity contribution < 1.29 is 23.5 Å². The Kier molecular flexibility index (Phi) is 10.0. The number of esters is 1. The van der Waals surface area contributed by atoms with Gasteiger partial charge in [-0.25, -0.2) is 9.18 Å². The summed E-state index contributed by atoms with van der Waals surface area (Å²) < 4.78 is 25.7. The van der Waals surface area contributed by atoms with E-state index in [1.807, 2.05) is 54.8 Å². The van der Waals surface area contributed by atoms with Crippen LogP contribution in [-0.4, -0.2) is 48.2 Å². The number of Topliss-reactive ketones (excluding diaryl/α,β-unsaturated/α-hetero) is 1. The van der Waals surface area contributed by atoms with Crippen molar-refractivity contribution in [2.75, 3.05) is 26.0 Å². The average molecular weight is 564 g/mol. The third-order valence-corrected chi connectivity index (χ3v) is 8.15. The second-order valence-electron chi connectivity index (χ2n) is 10.8. The van der Waals surface area contributed by atoms with Crippen LogP contribution in [0.1, 0.15) is 48.7 Å². The summed E-state index contributed by atoms with van der Waals surface area (Å²) in [4.78, 5) is 29.3. The number of aryl methyl sites for hydroxylation is 1. The Hall–Kier alpha value is -3.16. The molecule has 1 saturated heterocycles. The molecule has 3 aromatic carbocycles. The van der Waals surface area contributed by atoms with Crippen LogP contribution in [-0.2, 0) is 22.5 Å². The minimum Gasteiger partial charge on any atom is -0.473 e. The van der Waals surface area contributed by atoms with Gasteiger partial charge in [-0.3, -0.25) is 9.69 Å². The minimum absolute atomic E-state index is 0.0125. The van der Waals surface area contributed by atoms with Gasteiger partial charge in [-0.1, -0.05) is 48.5 Å². The lowest BCUT2D eigenvalue weighted by molar-refractivity contribution is -0.158. The van der Waals surface area contributed by atoms with Crippen molar-refractivity contribution in [1.29, 1.82) is 0 Å². The lowest BCUT2D eigenvalue weighted by Crippen LogP contribution is -2.40. The number of nitrogens with zero attached hydrogens (tertiary/aromatic N) is 1. The number of carbonyl (C=O) groups is 2. The van der Waals surface area contributed by atoms with Crippen LogP contribution >= 0.6 is 11.8 Å².